The maximum Gasteiger partial charge on any atom is 0.331 e. The van der Waals surface area contributed by atoms with Crippen molar-refractivity contribution >= 4 is 11.9 Å². The number of carbonyl (C=O) groups excluding carboxylic acids is 2. The second kappa shape index (κ2) is 7.29. The summed E-state index contributed by atoms with van der Waals surface area (Å²) >= 11 is 0. The Balaban J connectivity index is 1.24. The molecule has 6 fully saturated rings. The van der Waals surface area contributed by atoms with Crippen molar-refractivity contribution in [1.82, 2.24) is 0 Å². The molecule has 5 heterocycles. The summed E-state index contributed by atoms with van der Waals surface area (Å²) in [6.07, 6.45) is -11.6. The highest BCUT2D eigenvalue weighted by Crippen LogP contribution is 2.75. The van der Waals surface area contributed by atoms with E-state index in [0.717, 1.165) is 0 Å². The van der Waals surface area contributed by atoms with Gasteiger partial charge in [0, 0.05) is 17.4 Å². The minimum atomic E-state index is -1.65. The Hall–Kier alpha value is -1.68. The Bertz CT molecular complexity index is 1090. The lowest BCUT2D eigenvalue weighted by Crippen LogP contribution is -2.66. The number of hydrogen-bond donors (Lipinski definition) is 5. The third-order valence-corrected chi connectivity index (χ3v) is 9.88. The third kappa shape index (κ3) is 2.70. The van der Waals surface area contributed by atoms with Crippen molar-refractivity contribution in [2.45, 2.75) is 99.8 Å². The van der Waals surface area contributed by atoms with Gasteiger partial charge in [-0.25, -0.2) is 4.79 Å². The summed E-state index contributed by atoms with van der Waals surface area (Å²) in [5, 5.41) is 51.1. The minimum absolute atomic E-state index is 0.459. The van der Waals surface area contributed by atoms with Crippen molar-refractivity contribution in [3.05, 3.63) is 11.6 Å². The van der Waals surface area contributed by atoms with Gasteiger partial charge in [-0.05, 0) is 19.4 Å². The first-order valence-electron chi connectivity index (χ1n) is 12.5. The van der Waals surface area contributed by atoms with Crippen molar-refractivity contribution < 1.29 is 63.5 Å². The van der Waals surface area contributed by atoms with Gasteiger partial charge < -0.3 is 54.0 Å². The van der Waals surface area contributed by atoms with Crippen LogP contribution >= 0.6 is 0 Å². The van der Waals surface area contributed by atoms with Crippen molar-refractivity contribution in [2.24, 2.45) is 16.7 Å². The van der Waals surface area contributed by atoms with E-state index < -0.39 is 114 Å². The second-order valence-corrected chi connectivity index (χ2v) is 11.7. The summed E-state index contributed by atoms with van der Waals surface area (Å²) in [5.41, 5.74) is -2.75. The maximum absolute atomic E-state index is 13.1. The Morgan fingerprint density at radius 3 is 2.41 bits per heavy atom. The Morgan fingerprint density at radius 1 is 0.973 bits per heavy atom. The van der Waals surface area contributed by atoms with Crippen molar-refractivity contribution in [1.29, 1.82) is 0 Å². The largest absolute Gasteiger partial charge is 0.459 e. The van der Waals surface area contributed by atoms with Gasteiger partial charge in [0.1, 0.15) is 48.1 Å². The molecule has 2 saturated carbocycles. The van der Waals surface area contributed by atoms with E-state index in [1.165, 1.54) is 6.08 Å². The van der Waals surface area contributed by atoms with E-state index in [-0.39, 0.29) is 0 Å². The van der Waals surface area contributed by atoms with Crippen LogP contribution in [-0.4, -0.2) is 123 Å². The van der Waals surface area contributed by atoms with Crippen molar-refractivity contribution in [3.8, 4) is 0 Å². The molecule has 5 aliphatic heterocycles. The molecule has 0 bridgehead atoms. The lowest BCUT2D eigenvalue weighted by atomic mass is 9.46. The van der Waals surface area contributed by atoms with Gasteiger partial charge in [0.15, 0.2) is 18.0 Å². The lowest BCUT2D eigenvalue weighted by Gasteiger charge is -2.53. The molecule has 13 nitrogen and oxygen atoms in total. The number of carbonyl (C=O) groups is 2. The Morgan fingerprint density at radius 2 is 1.70 bits per heavy atom. The topological polar surface area (TPSA) is 197 Å². The molecular weight excluding hydrogens is 496 g/mol. The monoisotopic (exact) mass is 526 g/mol. The van der Waals surface area contributed by atoms with Gasteiger partial charge in [-0.2, -0.15) is 0 Å². The zero-order valence-corrected chi connectivity index (χ0v) is 20.3. The average molecular weight is 526 g/mol. The molecule has 7 rings (SSSR count). The number of aliphatic hydroxyl groups excluding tert-OH is 5. The van der Waals surface area contributed by atoms with Crippen LogP contribution in [0.15, 0.2) is 11.6 Å². The van der Waals surface area contributed by atoms with Gasteiger partial charge in [-0.15, -0.1) is 0 Å². The van der Waals surface area contributed by atoms with Crippen LogP contribution < -0.4 is 0 Å². The highest BCUT2D eigenvalue weighted by atomic mass is 16.7. The molecule has 4 saturated heterocycles. The van der Waals surface area contributed by atoms with E-state index in [1.807, 2.05) is 6.92 Å². The highest BCUT2D eigenvalue weighted by molar-refractivity contribution is 5.88. The van der Waals surface area contributed by atoms with Crippen LogP contribution in [0.4, 0.5) is 0 Å². The molecule has 0 radical (unpaired) electrons. The number of epoxide rings is 2. The first-order chi connectivity index (χ1) is 17.4. The van der Waals surface area contributed by atoms with Gasteiger partial charge in [-0.1, -0.05) is 6.92 Å². The normalized spacial score (nSPS) is 59.6. The molecule has 0 aromatic heterocycles. The summed E-state index contributed by atoms with van der Waals surface area (Å²) < 4.78 is 35.0. The van der Waals surface area contributed by atoms with Gasteiger partial charge in [0.05, 0.1) is 24.9 Å². The van der Waals surface area contributed by atoms with Crippen molar-refractivity contribution in [3.63, 3.8) is 0 Å². The van der Waals surface area contributed by atoms with E-state index >= 15 is 0 Å². The van der Waals surface area contributed by atoms with Gasteiger partial charge in [-0.3, -0.25) is 4.79 Å². The van der Waals surface area contributed by atoms with Crippen LogP contribution in [0.3, 0.4) is 0 Å². The minimum Gasteiger partial charge on any atom is -0.459 e. The number of hydrogen-bond acceptors (Lipinski definition) is 13. The fraction of sp³-hybridized carbons (Fsp3) is 0.833. The first-order valence-corrected chi connectivity index (χ1v) is 12.5. The Kier molecular flexibility index (Phi) is 4.80. The summed E-state index contributed by atoms with van der Waals surface area (Å²) in [6.45, 7) is 4.52. The van der Waals surface area contributed by atoms with Crippen LogP contribution in [-0.2, 0) is 38.0 Å². The van der Waals surface area contributed by atoms with Crippen LogP contribution in [0, 0.1) is 16.7 Å². The molecule has 204 valence electrons. The number of fused-ring (bicyclic) bond motifs is 4. The molecule has 0 amide bonds. The molecule has 16 atom stereocenters. The van der Waals surface area contributed by atoms with Gasteiger partial charge in [0.2, 0.25) is 0 Å². The smallest absolute Gasteiger partial charge is 0.331 e. The first kappa shape index (κ1) is 24.4. The summed E-state index contributed by atoms with van der Waals surface area (Å²) in [6, 6.07) is 0. The summed E-state index contributed by atoms with van der Waals surface area (Å²) in [4.78, 5) is 26.0. The maximum atomic E-state index is 13.1. The van der Waals surface area contributed by atoms with Crippen LogP contribution in [0.2, 0.25) is 0 Å². The molecular formula is C24H30O13. The standard InChI is InChI=1S/C24H30O13/c1-6(32-20-12(29)11(28)10(27)7(5-25)33-20)17-24-8(4-9(26)34-17)22(2)15-13(19(24)37-24)36-21(31)23(15,3)16(30)14-18(22)35-14/h4,6-7,10-20,25,27-30H,5H2,1-3H3/t6-,7-,10-,11+,12-,13-,14-,15+,16-,17+,18-,19+,20-,22+,23+,24+/m0/s1. The van der Waals surface area contributed by atoms with E-state index in [9.17, 15) is 35.1 Å². The molecule has 37 heavy (non-hydrogen) atoms. The second-order valence-electron chi connectivity index (χ2n) is 11.7. The number of ether oxygens (including phenoxy) is 6. The molecule has 2 aliphatic carbocycles. The van der Waals surface area contributed by atoms with Crippen molar-refractivity contribution in [2.75, 3.05) is 6.61 Å². The number of esters is 2. The summed E-state index contributed by atoms with van der Waals surface area (Å²) in [7, 11) is 0. The molecule has 0 aromatic rings. The SMILES string of the molecule is C[C@H](O[C@H]1O[C@@H](CO)[C@H](O)[C@@H](O)[C@@H]1O)[C@H]1OC(=O)C=C2[C@]3(C)[C@H]4[C@H](OC(=O)[C@@]4(C)[C@@H](O)[C@@H]4O[C@@H]43)[C@H]3O[C@@]231. The zero-order valence-electron chi connectivity index (χ0n) is 20.3. The fourth-order valence-corrected chi connectivity index (χ4v) is 8.02. The molecule has 1 spiro atoms. The number of aliphatic hydroxyl groups is 5. The molecule has 5 N–H and O–H groups in total. The average Bonchev–Trinajstić information content (AvgIpc) is 3.77. The number of cyclic esters (lactones) is 1. The lowest BCUT2D eigenvalue weighted by molar-refractivity contribution is -0.317. The quantitative estimate of drug-likeness (QED) is 0.182. The molecule has 0 aromatic carbocycles. The molecule has 13 heteroatoms. The van der Waals surface area contributed by atoms with E-state index in [4.69, 9.17) is 28.4 Å². The van der Waals surface area contributed by atoms with E-state index in [2.05, 4.69) is 0 Å². The van der Waals surface area contributed by atoms with Gasteiger partial charge >= 0.3 is 11.9 Å². The predicted octanol–water partition coefficient (Wildman–Crippen LogP) is -3.11. The number of rotatable bonds is 4. The van der Waals surface area contributed by atoms with E-state index in [1.54, 1.807) is 13.8 Å². The highest BCUT2D eigenvalue weighted by Gasteiger charge is 2.89. The fourth-order valence-electron chi connectivity index (χ4n) is 8.02. The van der Waals surface area contributed by atoms with Crippen LogP contribution in [0.5, 0.6) is 0 Å². The molecule has 0 unspecified atom stereocenters. The predicted molar refractivity (Wildman–Crippen MR) is 114 cm³/mol. The van der Waals surface area contributed by atoms with Gasteiger partial charge in [0.25, 0.3) is 0 Å². The Labute approximate surface area is 210 Å². The van der Waals surface area contributed by atoms with Crippen LogP contribution in [0.1, 0.15) is 20.8 Å². The summed E-state index contributed by atoms with van der Waals surface area (Å²) in [5.74, 6) is -1.71. The third-order valence-electron chi connectivity index (χ3n) is 9.88. The van der Waals surface area contributed by atoms with Crippen LogP contribution in [0.25, 0.3) is 0 Å². The molecule has 7 aliphatic rings. The van der Waals surface area contributed by atoms with E-state index in [0.29, 0.717) is 5.57 Å². The zero-order chi connectivity index (χ0) is 26.4.